The topological polar surface area (TPSA) is 26.0 Å². The number of rotatable bonds is 2. The average molecular weight is 270 g/mol. The lowest BCUT2D eigenvalue weighted by atomic mass is 9.99. The normalized spacial score (nSPS) is 12.8. The van der Waals surface area contributed by atoms with Gasteiger partial charge in [0, 0.05) is 20.3 Å². The van der Waals surface area contributed by atoms with Gasteiger partial charge in [-0.05, 0) is 37.6 Å². The molecule has 0 bridgehead atoms. The second-order valence-corrected chi connectivity index (χ2v) is 5.85. The van der Waals surface area contributed by atoms with E-state index in [0.717, 1.165) is 10.4 Å². The molecule has 0 aliphatic carbocycles. The van der Waals surface area contributed by atoms with Crippen molar-refractivity contribution in [2.75, 3.05) is 0 Å². The Bertz CT molecular complexity index is 530. The first-order valence-electron chi connectivity index (χ1n) is 5.27. The second kappa shape index (κ2) is 4.77. The van der Waals surface area contributed by atoms with Crippen molar-refractivity contribution in [1.29, 1.82) is 0 Å². The number of aryl methyl sites for hydroxylation is 2. The largest absolute Gasteiger partial charge is 0.320 e. The third kappa shape index (κ3) is 2.37. The molecule has 1 heterocycles. The van der Waals surface area contributed by atoms with Crippen LogP contribution in [0, 0.1) is 19.7 Å². The molecule has 2 N–H and O–H groups in total. The van der Waals surface area contributed by atoms with Crippen molar-refractivity contribution in [3.63, 3.8) is 0 Å². The van der Waals surface area contributed by atoms with Gasteiger partial charge in [0.1, 0.15) is 5.82 Å². The number of thiophene rings is 1. The van der Waals surface area contributed by atoms with Crippen LogP contribution in [0.3, 0.4) is 0 Å². The van der Waals surface area contributed by atoms with Crippen LogP contribution in [0.5, 0.6) is 0 Å². The second-order valence-electron chi connectivity index (χ2n) is 3.98. The Morgan fingerprint density at radius 1 is 1.35 bits per heavy atom. The molecule has 0 saturated carbocycles. The Balaban J connectivity index is 2.51. The van der Waals surface area contributed by atoms with Crippen LogP contribution in [0.4, 0.5) is 4.39 Å². The zero-order chi connectivity index (χ0) is 12.6. The van der Waals surface area contributed by atoms with Gasteiger partial charge >= 0.3 is 0 Å². The summed E-state index contributed by atoms with van der Waals surface area (Å²) in [6, 6.07) is 6.12. The molecule has 2 rings (SSSR count). The fourth-order valence-electron chi connectivity index (χ4n) is 1.92. The van der Waals surface area contributed by atoms with Crippen molar-refractivity contribution in [3.05, 3.63) is 56.0 Å². The maximum atomic E-state index is 13.8. The molecule has 1 atom stereocenters. The predicted octanol–water partition coefficient (Wildman–Crippen LogP) is 4.21. The molecule has 0 aliphatic heterocycles. The molecule has 0 aliphatic rings. The molecule has 2 aromatic rings. The predicted molar refractivity (Wildman–Crippen MR) is 71.2 cm³/mol. The van der Waals surface area contributed by atoms with Crippen molar-refractivity contribution in [1.82, 2.24) is 0 Å². The van der Waals surface area contributed by atoms with Crippen LogP contribution < -0.4 is 5.73 Å². The molecular formula is C13H13ClFNS. The summed E-state index contributed by atoms with van der Waals surface area (Å²) < 4.78 is 13.8. The van der Waals surface area contributed by atoms with Crippen molar-refractivity contribution in [3.8, 4) is 0 Å². The zero-order valence-corrected chi connectivity index (χ0v) is 11.2. The van der Waals surface area contributed by atoms with Gasteiger partial charge in [-0.25, -0.2) is 4.39 Å². The first kappa shape index (κ1) is 12.6. The van der Waals surface area contributed by atoms with Crippen LogP contribution in [-0.2, 0) is 0 Å². The quantitative estimate of drug-likeness (QED) is 0.869. The van der Waals surface area contributed by atoms with Crippen LogP contribution in [0.15, 0.2) is 24.3 Å². The Hall–Kier alpha value is -0.900. The van der Waals surface area contributed by atoms with Gasteiger partial charge in [0.25, 0.3) is 0 Å². The lowest BCUT2D eigenvalue weighted by Gasteiger charge is -2.14. The summed E-state index contributed by atoms with van der Waals surface area (Å²) in [6.45, 7) is 4.00. The standard InChI is InChI=1S/C13H13ClFNS/c1-7-6-9(8(2)17-7)13(16)12-10(14)4-3-5-11(12)15/h3-6,13H,16H2,1-2H3. The van der Waals surface area contributed by atoms with E-state index < -0.39 is 6.04 Å². The van der Waals surface area contributed by atoms with E-state index in [9.17, 15) is 4.39 Å². The highest BCUT2D eigenvalue weighted by atomic mass is 35.5. The molecule has 0 fully saturated rings. The minimum absolute atomic E-state index is 0.353. The number of halogens is 2. The van der Waals surface area contributed by atoms with E-state index in [2.05, 4.69) is 0 Å². The molecular weight excluding hydrogens is 257 g/mol. The summed E-state index contributed by atoms with van der Waals surface area (Å²) in [5.41, 5.74) is 7.43. The van der Waals surface area contributed by atoms with Crippen LogP contribution in [-0.4, -0.2) is 0 Å². The molecule has 0 saturated heterocycles. The number of benzene rings is 1. The molecule has 0 radical (unpaired) electrons. The fraction of sp³-hybridized carbons (Fsp3) is 0.231. The van der Waals surface area contributed by atoms with E-state index in [1.54, 1.807) is 23.5 Å². The monoisotopic (exact) mass is 269 g/mol. The van der Waals surface area contributed by atoms with Gasteiger partial charge in [-0.3, -0.25) is 0 Å². The summed E-state index contributed by atoms with van der Waals surface area (Å²) in [6.07, 6.45) is 0. The van der Waals surface area contributed by atoms with Gasteiger partial charge in [0.15, 0.2) is 0 Å². The van der Waals surface area contributed by atoms with Crippen molar-refractivity contribution >= 4 is 22.9 Å². The maximum absolute atomic E-state index is 13.8. The van der Waals surface area contributed by atoms with Gasteiger partial charge < -0.3 is 5.73 Å². The number of hydrogen-bond donors (Lipinski definition) is 1. The highest BCUT2D eigenvalue weighted by Crippen LogP contribution is 2.33. The van der Waals surface area contributed by atoms with E-state index in [1.165, 1.54) is 10.9 Å². The molecule has 90 valence electrons. The first-order chi connectivity index (χ1) is 8.00. The summed E-state index contributed by atoms with van der Waals surface area (Å²) in [5.74, 6) is -0.353. The van der Waals surface area contributed by atoms with Crippen LogP contribution in [0.25, 0.3) is 0 Å². The molecule has 1 nitrogen and oxygen atoms in total. The van der Waals surface area contributed by atoms with Crippen molar-refractivity contribution in [2.45, 2.75) is 19.9 Å². The molecule has 1 aromatic carbocycles. The van der Waals surface area contributed by atoms with Crippen LogP contribution in [0.2, 0.25) is 5.02 Å². The van der Waals surface area contributed by atoms with E-state index in [1.807, 2.05) is 19.9 Å². The Labute approximate surface area is 109 Å². The van der Waals surface area contributed by atoms with E-state index in [4.69, 9.17) is 17.3 Å². The Kier molecular flexibility index (Phi) is 3.52. The van der Waals surface area contributed by atoms with E-state index >= 15 is 0 Å². The highest BCUT2D eigenvalue weighted by Gasteiger charge is 2.19. The smallest absolute Gasteiger partial charge is 0.129 e. The van der Waals surface area contributed by atoms with Gasteiger partial charge in [0.05, 0.1) is 6.04 Å². The molecule has 4 heteroatoms. The summed E-state index contributed by atoms with van der Waals surface area (Å²) >= 11 is 7.68. The summed E-state index contributed by atoms with van der Waals surface area (Å²) in [5, 5.41) is 0.376. The van der Waals surface area contributed by atoms with E-state index in [0.29, 0.717) is 10.6 Å². The van der Waals surface area contributed by atoms with Crippen molar-refractivity contribution < 1.29 is 4.39 Å². The third-order valence-corrected chi connectivity index (χ3v) is 4.04. The molecule has 1 aromatic heterocycles. The summed E-state index contributed by atoms with van der Waals surface area (Å²) in [7, 11) is 0. The van der Waals surface area contributed by atoms with Gasteiger partial charge in [0.2, 0.25) is 0 Å². The Morgan fingerprint density at radius 3 is 2.59 bits per heavy atom. The molecule has 0 amide bonds. The lowest BCUT2D eigenvalue weighted by Crippen LogP contribution is -2.14. The van der Waals surface area contributed by atoms with Crippen LogP contribution in [0.1, 0.15) is 26.9 Å². The zero-order valence-electron chi connectivity index (χ0n) is 9.63. The molecule has 1 unspecified atom stereocenters. The van der Waals surface area contributed by atoms with Crippen molar-refractivity contribution in [2.24, 2.45) is 5.73 Å². The van der Waals surface area contributed by atoms with Gasteiger partial charge in [-0.2, -0.15) is 0 Å². The SMILES string of the molecule is Cc1cc(C(N)c2c(F)cccc2Cl)c(C)s1. The van der Waals surface area contributed by atoms with E-state index in [-0.39, 0.29) is 5.82 Å². The number of nitrogens with two attached hydrogens (primary N) is 1. The molecule has 17 heavy (non-hydrogen) atoms. The lowest BCUT2D eigenvalue weighted by molar-refractivity contribution is 0.600. The highest BCUT2D eigenvalue weighted by molar-refractivity contribution is 7.12. The van der Waals surface area contributed by atoms with Gasteiger partial charge in [-0.1, -0.05) is 17.7 Å². The maximum Gasteiger partial charge on any atom is 0.129 e. The summed E-state index contributed by atoms with van der Waals surface area (Å²) in [4.78, 5) is 2.27. The average Bonchev–Trinajstić information content (AvgIpc) is 2.57. The first-order valence-corrected chi connectivity index (χ1v) is 6.46. The fourth-order valence-corrected chi connectivity index (χ4v) is 3.18. The Morgan fingerprint density at radius 2 is 2.06 bits per heavy atom. The van der Waals surface area contributed by atoms with Gasteiger partial charge in [-0.15, -0.1) is 11.3 Å². The minimum atomic E-state index is -0.506. The minimum Gasteiger partial charge on any atom is -0.320 e. The molecule has 0 spiro atoms. The number of hydrogen-bond acceptors (Lipinski definition) is 2. The van der Waals surface area contributed by atoms with Crippen LogP contribution >= 0.6 is 22.9 Å². The third-order valence-electron chi connectivity index (χ3n) is 2.73.